The van der Waals surface area contributed by atoms with Gasteiger partial charge in [-0.25, -0.2) is 4.98 Å². The lowest BCUT2D eigenvalue weighted by Gasteiger charge is -2.03. The summed E-state index contributed by atoms with van der Waals surface area (Å²) >= 11 is 0. The minimum Gasteiger partial charge on any atom is -0.336 e. The number of carbonyl (C=O) groups excluding carboxylic acids is 1. The second-order valence-electron chi connectivity index (χ2n) is 2.60. The van der Waals surface area contributed by atoms with Crippen LogP contribution in [0.3, 0.4) is 0 Å². The highest BCUT2D eigenvalue weighted by Gasteiger charge is 2.11. The molecule has 0 saturated carbocycles. The van der Waals surface area contributed by atoms with Crippen LogP contribution in [0.1, 0.15) is 17.5 Å². The molecule has 0 aromatic carbocycles. The molecular weight excluding hydrogens is 168 g/mol. The number of hydrogen-bond donors (Lipinski definition) is 1. The van der Waals surface area contributed by atoms with Crippen LogP contribution in [0.2, 0.25) is 0 Å². The monoisotopic (exact) mass is 178 g/mol. The van der Waals surface area contributed by atoms with Crippen LogP contribution in [-0.2, 0) is 7.05 Å². The van der Waals surface area contributed by atoms with Gasteiger partial charge in [-0.2, -0.15) is 0 Å². The SMILES string of the molecule is C#CC(C)NC(=O)c1ncn(C)n1. The first kappa shape index (κ1) is 9.26. The van der Waals surface area contributed by atoms with Gasteiger partial charge in [-0.15, -0.1) is 11.5 Å². The van der Waals surface area contributed by atoms with E-state index in [0.29, 0.717) is 0 Å². The van der Waals surface area contributed by atoms with Gasteiger partial charge in [-0.3, -0.25) is 9.48 Å². The number of hydrogen-bond acceptors (Lipinski definition) is 3. The first-order chi connectivity index (χ1) is 6.13. The average molecular weight is 178 g/mol. The van der Waals surface area contributed by atoms with E-state index in [4.69, 9.17) is 6.42 Å². The number of rotatable bonds is 2. The van der Waals surface area contributed by atoms with Crippen molar-refractivity contribution in [1.82, 2.24) is 20.1 Å². The number of nitrogens with zero attached hydrogens (tertiary/aromatic N) is 3. The number of amides is 1. The van der Waals surface area contributed by atoms with E-state index in [9.17, 15) is 4.79 Å². The second kappa shape index (κ2) is 3.72. The standard InChI is InChI=1S/C8H10N4O/c1-4-6(2)10-8(13)7-9-5-12(3)11-7/h1,5-6H,2-3H3,(H,10,13). The van der Waals surface area contributed by atoms with Crippen LogP contribution < -0.4 is 5.32 Å². The van der Waals surface area contributed by atoms with E-state index in [1.54, 1.807) is 14.0 Å². The predicted octanol–water partition coefficient (Wildman–Crippen LogP) is -0.433. The van der Waals surface area contributed by atoms with Gasteiger partial charge in [-0.05, 0) is 6.92 Å². The molecule has 0 aliphatic carbocycles. The molecule has 0 aliphatic rings. The molecule has 0 spiro atoms. The summed E-state index contributed by atoms with van der Waals surface area (Å²) in [7, 11) is 1.69. The van der Waals surface area contributed by atoms with Crippen molar-refractivity contribution in [3.63, 3.8) is 0 Å². The smallest absolute Gasteiger partial charge is 0.291 e. The number of terminal acetylenes is 1. The number of nitrogens with one attached hydrogen (secondary N) is 1. The first-order valence-electron chi connectivity index (χ1n) is 3.76. The van der Waals surface area contributed by atoms with Crippen molar-refractivity contribution in [2.45, 2.75) is 13.0 Å². The van der Waals surface area contributed by atoms with Crippen LogP contribution in [0, 0.1) is 12.3 Å². The largest absolute Gasteiger partial charge is 0.336 e. The van der Waals surface area contributed by atoms with E-state index < -0.39 is 0 Å². The van der Waals surface area contributed by atoms with Crippen molar-refractivity contribution in [1.29, 1.82) is 0 Å². The van der Waals surface area contributed by atoms with Crippen molar-refractivity contribution in [2.75, 3.05) is 0 Å². The third-order valence-corrected chi connectivity index (χ3v) is 1.40. The Labute approximate surface area is 76.2 Å². The Morgan fingerprint density at radius 1 is 1.85 bits per heavy atom. The van der Waals surface area contributed by atoms with Gasteiger partial charge in [-0.1, -0.05) is 5.92 Å². The van der Waals surface area contributed by atoms with Crippen molar-refractivity contribution >= 4 is 5.91 Å². The van der Waals surface area contributed by atoms with E-state index in [-0.39, 0.29) is 17.8 Å². The Kier molecular flexibility index (Phi) is 2.65. The highest BCUT2D eigenvalue weighted by Crippen LogP contribution is 1.89. The van der Waals surface area contributed by atoms with Gasteiger partial charge in [0, 0.05) is 7.05 Å². The molecule has 1 aromatic rings. The molecule has 0 aliphatic heterocycles. The van der Waals surface area contributed by atoms with Gasteiger partial charge < -0.3 is 5.32 Å². The molecule has 0 bridgehead atoms. The third kappa shape index (κ3) is 2.30. The quantitative estimate of drug-likeness (QED) is 0.625. The van der Waals surface area contributed by atoms with Gasteiger partial charge in [0.05, 0.1) is 6.04 Å². The molecule has 1 rings (SSSR count). The van der Waals surface area contributed by atoms with Crippen LogP contribution in [0.25, 0.3) is 0 Å². The molecule has 68 valence electrons. The van der Waals surface area contributed by atoms with Crippen LogP contribution in [0.15, 0.2) is 6.33 Å². The maximum Gasteiger partial charge on any atom is 0.291 e. The highest BCUT2D eigenvalue weighted by atomic mass is 16.2. The van der Waals surface area contributed by atoms with Gasteiger partial charge in [0.25, 0.3) is 5.91 Å². The molecule has 0 radical (unpaired) electrons. The Morgan fingerprint density at radius 2 is 2.54 bits per heavy atom. The van der Waals surface area contributed by atoms with Crippen molar-refractivity contribution in [3.8, 4) is 12.3 Å². The molecule has 1 heterocycles. The van der Waals surface area contributed by atoms with Crippen LogP contribution in [0.4, 0.5) is 0 Å². The topological polar surface area (TPSA) is 59.8 Å². The molecule has 1 amide bonds. The summed E-state index contributed by atoms with van der Waals surface area (Å²) in [6.07, 6.45) is 6.55. The van der Waals surface area contributed by atoms with Gasteiger partial charge in [0.2, 0.25) is 5.82 Å². The van der Waals surface area contributed by atoms with E-state index in [2.05, 4.69) is 21.3 Å². The zero-order valence-corrected chi connectivity index (χ0v) is 7.48. The Morgan fingerprint density at radius 3 is 3.00 bits per heavy atom. The summed E-state index contributed by atoms with van der Waals surface area (Å²) in [6.45, 7) is 1.71. The highest BCUT2D eigenvalue weighted by molar-refractivity contribution is 5.90. The Bertz CT molecular complexity index is 349. The predicted molar refractivity (Wildman–Crippen MR) is 46.8 cm³/mol. The normalized spacial score (nSPS) is 11.8. The molecule has 0 saturated heterocycles. The molecule has 5 heteroatoms. The minimum atomic E-state index is -0.356. The van der Waals surface area contributed by atoms with Crippen LogP contribution >= 0.6 is 0 Å². The zero-order chi connectivity index (χ0) is 9.84. The molecule has 1 unspecified atom stereocenters. The fraction of sp³-hybridized carbons (Fsp3) is 0.375. The summed E-state index contributed by atoms with van der Waals surface area (Å²) in [5.74, 6) is 2.15. The van der Waals surface area contributed by atoms with Gasteiger partial charge in [0.1, 0.15) is 6.33 Å². The van der Waals surface area contributed by atoms with E-state index in [0.717, 1.165) is 0 Å². The number of aromatic nitrogens is 3. The summed E-state index contributed by atoms with van der Waals surface area (Å²) in [5, 5.41) is 6.37. The second-order valence-corrected chi connectivity index (χ2v) is 2.60. The fourth-order valence-corrected chi connectivity index (χ4v) is 0.746. The molecule has 5 nitrogen and oxygen atoms in total. The third-order valence-electron chi connectivity index (χ3n) is 1.40. The summed E-state index contributed by atoms with van der Waals surface area (Å²) in [4.78, 5) is 15.1. The minimum absolute atomic E-state index is 0.129. The van der Waals surface area contributed by atoms with Crippen LogP contribution in [0.5, 0.6) is 0 Å². The zero-order valence-electron chi connectivity index (χ0n) is 7.48. The van der Waals surface area contributed by atoms with Crippen molar-refractivity contribution in [2.24, 2.45) is 7.05 Å². The van der Waals surface area contributed by atoms with Crippen molar-refractivity contribution in [3.05, 3.63) is 12.2 Å². The lowest BCUT2D eigenvalue weighted by molar-refractivity contribution is 0.0937. The molecule has 13 heavy (non-hydrogen) atoms. The lowest BCUT2D eigenvalue weighted by Crippen LogP contribution is -2.32. The first-order valence-corrected chi connectivity index (χ1v) is 3.76. The molecular formula is C8H10N4O. The van der Waals surface area contributed by atoms with Gasteiger partial charge in [0.15, 0.2) is 0 Å². The van der Waals surface area contributed by atoms with E-state index in [1.165, 1.54) is 11.0 Å². The van der Waals surface area contributed by atoms with Gasteiger partial charge >= 0.3 is 0 Å². The lowest BCUT2D eigenvalue weighted by atomic mass is 10.3. The number of carbonyl (C=O) groups is 1. The molecule has 1 N–H and O–H groups in total. The average Bonchev–Trinajstić information content (AvgIpc) is 2.51. The molecule has 1 atom stereocenters. The Hall–Kier alpha value is -1.83. The van der Waals surface area contributed by atoms with E-state index >= 15 is 0 Å². The fourth-order valence-electron chi connectivity index (χ4n) is 0.746. The summed E-state index contributed by atoms with van der Waals surface area (Å²) in [6, 6.07) is -0.309. The molecule has 0 fully saturated rings. The summed E-state index contributed by atoms with van der Waals surface area (Å²) < 4.78 is 1.45. The van der Waals surface area contributed by atoms with Crippen LogP contribution in [-0.4, -0.2) is 26.7 Å². The van der Waals surface area contributed by atoms with E-state index in [1.807, 2.05) is 0 Å². The Balaban J connectivity index is 2.65. The number of aryl methyl sites for hydroxylation is 1. The van der Waals surface area contributed by atoms with Crippen molar-refractivity contribution < 1.29 is 4.79 Å². The maximum absolute atomic E-state index is 11.3. The molecule has 1 aromatic heterocycles. The maximum atomic E-state index is 11.3. The summed E-state index contributed by atoms with van der Waals surface area (Å²) in [5.41, 5.74) is 0.